The second kappa shape index (κ2) is 9.15. The molecule has 0 N–H and O–H groups in total. The lowest BCUT2D eigenvalue weighted by Gasteiger charge is -2.13. The fraction of sp³-hybridized carbons (Fsp3) is 0.160. The van der Waals surface area contributed by atoms with Crippen LogP contribution in [0.1, 0.15) is 27.0 Å². The normalized spacial score (nSPS) is 13.7. The van der Waals surface area contributed by atoms with Crippen LogP contribution in [0.15, 0.2) is 54.3 Å². The Balaban J connectivity index is 1.61. The van der Waals surface area contributed by atoms with Crippen LogP contribution in [0.4, 0.5) is 0 Å². The number of hydrogen-bond acceptors (Lipinski definition) is 5. The first-order valence-electron chi connectivity index (χ1n) is 9.78. The molecule has 0 atom stereocenters. The van der Waals surface area contributed by atoms with Gasteiger partial charge < -0.3 is 18.9 Å². The van der Waals surface area contributed by atoms with Crippen LogP contribution in [0.2, 0.25) is 10.0 Å². The molecule has 0 amide bonds. The van der Waals surface area contributed by atoms with Gasteiger partial charge in [0, 0.05) is 32.8 Å². The molecule has 0 bridgehead atoms. The van der Waals surface area contributed by atoms with Gasteiger partial charge in [0.05, 0.1) is 19.8 Å². The summed E-state index contributed by atoms with van der Waals surface area (Å²) < 4.78 is 22.5. The second-order valence-corrected chi connectivity index (χ2v) is 7.92. The lowest BCUT2D eigenvalue weighted by Crippen LogP contribution is -2.00. The summed E-state index contributed by atoms with van der Waals surface area (Å²) in [4.78, 5) is 12.9. The number of benzene rings is 3. The molecule has 0 saturated carbocycles. The minimum atomic E-state index is -0.207. The van der Waals surface area contributed by atoms with Crippen molar-refractivity contribution in [1.29, 1.82) is 0 Å². The third-order valence-electron chi connectivity index (χ3n) is 5.20. The van der Waals surface area contributed by atoms with Crippen molar-refractivity contribution in [3.05, 3.63) is 86.6 Å². The van der Waals surface area contributed by atoms with Gasteiger partial charge in [-0.2, -0.15) is 0 Å². The van der Waals surface area contributed by atoms with Crippen LogP contribution in [-0.4, -0.2) is 20.0 Å². The van der Waals surface area contributed by atoms with Crippen LogP contribution >= 0.6 is 23.2 Å². The van der Waals surface area contributed by atoms with Crippen LogP contribution in [0.25, 0.3) is 6.08 Å². The average Bonchev–Trinajstić information content (AvgIpc) is 3.11. The molecule has 0 aromatic heterocycles. The van der Waals surface area contributed by atoms with Crippen molar-refractivity contribution in [2.75, 3.05) is 14.2 Å². The van der Waals surface area contributed by atoms with E-state index in [2.05, 4.69) is 0 Å². The van der Waals surface area contributed by atoms with Gasteiger partial charge in [0.2, 0.25) is 5.78 Å². The molecule has 1 aliphatic rings. The highest BCUT2D eigenvalue weighted by molar-refractivity contribution is 6.35. The Morgan fingerprint density at radius 3 is 2.41 bits per heavy atom. The standard InChI is InChI=1S/C25H20Cl2O5/c1-14-21(31-13-18-19(26)5-4-6-20(18)27)10-9-17-24(28)23(32-25(14)17)11-15-7-8-16(29-2)12-22(15)30-3/h4-12H,13H2,1-3H3/b23-11-. The van der Waals surface area contributed by atoms with Crippen LogP contribution in [0.5, 0.6) is 23.0 Å². The highest BCUT2D eigenvalue weighted by Crippen LogP contribution is 2.40. The number of carbonyl (C=O) groups is 1. The number of carbonyl (C=O) groups excluding carboxylic acids is 1. The molecule has 7 heteroatoms. The van der Waals surface area contributed by atoms with Crippen molar-refractivity contribution in [2.45, 2.75) is 13.5 Å². The first-order chi connectivity index (χ1) is 15.4. The van der Waals surface area contributed by atoms with Crippen molar-refractivity contribution in [1.82, 2.24) is 0 Å². The predicted molar refractivity (Wildman–Crippen MR) is 124 cm³/mol. The van der Waals surface area contributed by atoms with E-state index in [1.54, 1.807) is 68.8 Å². The number of ether oxygens (including phenoxy) is 4. The van der Waals surface area contributed by atoms with E-state index in [9.17, 15) is 4.79 Å². The molecule has 0 radical (unpaired) electrons. The van der Waals surface area contributed by atoms with E-state index in [1.165, 1.54) is 0 Å². The van der Waals surface area contributed by atoms with E-state index in [0.29, 0.717) is 55.3 Å². The fourth-order valence-electron chi connectivity index (χ4n) is 3.42. The molecule has 164 valence electrons. The minimum absolute atomic E-state index is 0.192. The Labute approximate surface area is 196 Å². The van der Waals surface area contributed by atoms with E-state index < -0.39 is 0 Å². The molecule has 1 heterocycles. The van der Waals surface area contributed by atoms with Crippen LogP contribution in [0.3, 0.4) is 0 Å². The molecule has 0 unspecified atom stereocenters. The van der Waals surface area contributed by atoms with Crippen LogP contribution in [0, 0.1) is 6.92 Å². The molecule has 5 nitrogen and oxygen atoms in total. The lowest BCUT2D eigenvalue weighted by molar-refractivity contribution is 0.101. The van der Waals surface area contributed by atoms with Crippen molar-refractivity contribution < 1.29 is 23.7 Å². The van der Waals surface area contributed by atoms with Crippen molar-refractivity contribution in [3.63, 3.8) is 0 Å². The summed E-state index contributed by atoms with van der Waals surface area (Å²) in [5, 5.41) is 1.06. The van der Waals surface area contributed by atoms with Gasteiger partial charge in [0.25, 0.3) is 0 Å². The monoisotopic (exact) mass is 470 g/mol. The van der Waals surface area contributed by atoms with Gasteiger partial charge in [-0.15, -0.1) is 0 Å². The number of allylic oxidation sites excluding steroid dienone is 1. The van der Waals surface area contributed by atoms with E-state index in [0.717, 1.165) is 0 Å². The summed E-state index contributed by atoms with van der Waals surface area (Å²) >= 11 is 12.5. The van der Waals surface area contributed by atoms with Crippen LogP contribution < -0.4 is 18.9 Å². The SMILES string of the molecule is COc1ccc(/C=C2\Oc3c(ccc(OCc4c(Cl)cccc4Cl)c3C)C2=O)c(OC)c1. The summed E-state index contributed by atoms with van der Waals surface area (Å²) in [7, 11) is 3.14. The van der Waals surface area contributed by atoms with E-state index in [-0.39, 0.29) is 18.1 Å². The number of rotatable bonds is 6. The van der Waals surface area contributed by atoms with Gasteiger partial charge >= 0.3 is 0 Å². The fourth-order valence-corrected chi connectivity index (χ4v) is 3.93. The molecule has 3 aromatic carbocycles. The number of fused-ring (bicyclic) bond motifs is 1. The number of Topliss-reactive ketones (excluding diaryl/α,β-unsaturated/α-hetero) is 1. The number of halogens is 2. The van der Waals surface area contributed by atoms with E-state index >= 15 is 0 Å². The smallest absolute Gasteiger partial charge is 0.231 e. The van der Waals surface area contributed by atoms with Gasteiger partial charge in [0.1, 0.15) is 29.6 Å². The Bertz CT molecular complexity index is 1210. The number of methoxy groups -OCH3 is 2. The summed E-state index contributed by atoms with van der Waals surface area (Å²) in [6.45, 7) is 2.03. The summed E-state index contributed by atoms with van der Waals surface area (Å²) in [5.41, 5.74) is 2.58. The predicted octanol–water partition coefficient (Wildman–Crippen LogP) is 6.51. The van der Waals surface area contributed by atoms with E-state index in [4.69, 9.17) is 42.1 Å². The molecule has 3 aromatic rings. The molecule has 0 saturated heterocycles. The van der Waals surface area contributed by atoms with Gasteiger partial charge in [-0.25, -0.2) is 0 Å². The number of ketones is 1. The van der Waals surface area contributed by atoms with Gasteiger partial charge in [0.15, 0.2) is 5.76 Å². The average molecular weight is 471 g/mol. The van der Waals surface area contributed by atoms with E-state index in [1.807, 2.05) is 6.92 Å². The Kier molecular flexibility index (Phi) is 6.31. The Morgan fingerprint density at radius 2 is 1.72 bits per heavy atom. The Morgan fingerprint density at radius 1 is 0.969 bits per heavy atom. The van der Waals surface area contributed by atoms with Crippen molar-refractivity contribution in [3.8, 4) is 23.0 Å². The maximum Gasteiger partial charge on any atom is 0.231 e. The zero-order chi connectivity index (χ0) is 22.8. The highest BCUT2D eigenvalue weighted by Gasteiger charge is 2.30. The molecule has 0 spiro atoms. The van der Waals surface area contributed by atoms with Crippen LogP contribution in [-0.2, 0) is 6.61 Å². The second-order valence-electron chi connectivity index (χ2n) is 7.10. The van der Waals surface area contributed by atoms with Gasteiger partial charge in [-0.1, -0.05) is 29.3 Å². The quantitative estimate of drug-likeness (QED) is 0.384. The van der Waals surface area contributed by atoms with Gasteiger partial charge in [-0.05, 0) is 49.4 Å². The Hall–Kier alpha value is -3.15. The maximum atomic E-state index is 12.9. The molecule has 0 fully saturated rings. The third-order valence-corrected chi connectivity index (χ3v) is 5.91. The first-order valence-corrected chi connectivity index (χ1v) is 10.5. The van der Waals surface area contributed by atoms with Gasteiger partial charge in [-0.3, -0.25) is 4.79 Å². The summed E-state index contributed by atoms with van der Waals surface area (Å²) in [6, 6.07) is 14.1. The minimum Gasteiger partial charge on any atom is -0.497 e. The summed E-state index contributed by atoms with van der Waals surface area (Å²) in [5.74, 6) is 2.27. The molecular formula is C25H20Cl2O5. The molecular weight excluding hydrogens is 451 g/mol. The zero-order valence-corrected chi connectivity index (χ0v) is 19.2. The maximum absolute atomic E-state index is 12.9. The number of hydrogen-bond donors (Lipinski definition) is 0. The first kappa shape index (κ1) is 22.1. The third kappa shape index (κ3) is 4.14. The molecule has 1 aliphatic heterocycles. The molecule has 32 heavy (non-hydrogen) atoms. The van der Waals surface area contributed by atoms with Crippen molar-refractivity contribution >= 4 is 35.1 Å². The summed E-state index contributed by atoms with van der Waals surface area (Å²) in [6.07, 6.45) is 1.66. The molecule has 0 aliphatic carbocycles. The zero-order valence-electron chi connectivity index (χ0n) is 17.7. The largest absolute Gasteiger partial charge is 0.497 e. The topological polar surface area (TPSA) is 54.0 Å². The molecule has 4 rings (SSSR count). The van der Waals surface area contributed by atoms with Crippen molar-refractivity contribution in [2.24, 2.45) is 0 Å². The lowest BCUT2D eigenvalue weighted by atomic mass is 10.1. The highest BCUT2D eigenvalue weighted by atomic mass is 35.5.